The maximum absolute atomic E-state index is 12.7. The summed E-state index contributed by atoms with van der Waals surface area (Å²) < 4.78 is 28.4. The summed E-state index contributed by atoms with van der Waals surface area (Å²) in [5.74, 6) is -1.33. The van der Waals surface area contributed by atoms with Crippen molar-refractivity contribution in [1.29, 1.82) is 0 Å². The zero-order valence-corrected chi connectivity index (χ0v) is 18.1. The van der Waals surface area contributed by atoms with Crippen LogP contribution < -0.4 is 20.5 Å². The number of fused-ring (bicyclic) bond motifs is 1. The number of benzene rings is 2. The molecule has 4 N–H and O–H groups in total. The summed E-state index contributed by atoms with van der Waals surface area (Å²) in [7, 11) is -3.90. The highest BCUT2D eigenvalue weighted by Gasteiger charge is 2.39. The Hall–Kier alpha value is -3.77. The number of hydrogen-bond acceptors (Lipinski definition) is 7. The first-order valence-corrected chi connectivity index (χ1v) is 11.5. The molecule has 0 spiro atoms. The van der Waals surface area contributed by atoms with Gasteiger partial charge in [0.05, 0.1) is 4.90 Å². The van der Waals surface area contributed by atoms with Gasteiger partial charge in [-0.2, -0.15) is 0 Å². The predicted molar refractivity (Wildman–Crippen MR) is 114 cm³/mol. The molecule has 1 fully saturated rings. The van der Waals surface area contributed by atoms with Gasteiger partial charge in [-0.05, 0) is 48.4 Å². The molecule has 4 amide bonds. The van der Waals surface area contributed by atoms with Gasteiger partial charge >= 0.3 is 0 Å². The number of carbonyl (C=O) groups excluding carboxylic acids is 4. The Balaban J connectivity index is 1.38. The van der Waals surface area contributed by atoms with Crippen LogP contribution in [0.5, 0.6) is 5.75 Å². The van der Waals surface area contributed by atoms with Crippen LogP contribution in [-0.4, -0.2) is 49.6 Å². The Morgan fingerprint density at radius 3 is 2.70 bits per heavy atom. The van der Waals surface area contributed by atoms with Crippen LogP contribution in [0.1, 0.15) is 28.8 Å². The number of imide groups is 1. The Morgan fingerprint density at radius 1 is 1.18 bits per heavy atom. The number of ether oxygens (including phenoxy) is 1. The van der Waals surface area contributed by atoms with E-state index in [1.54, 1.807) is 18.2 Å². The molecule has 2 aliphatic rings. The lowest BCUT2D eigenvalue weighted by Crippen LogP contribution is -2.52. The van der Waals surface area contributed by atoms with Crippen molar-refractivity contribution in [2.75, 3.05) is 11.9 Å². The molecule has 0 saturated carbocycles. The third kappa shape index (κ3) is 4.86. The lowest BCUT2D eigenvalue weighted by atomic mass is 10.0. The van der Waals surface area contributed by atoms with Gasteiger partial charge in [0.1, 0.15) is 11.8 Å². The Labute approximate surface area is 188 Å². The molecule has 0 aliphatic carbocycles. The zero-order chi connectivity index (χ0) is 23.8. The van der Waals surface area contributed by atoms with Gasteiger partial charge in [-0.15, -0.1) is 0 Å². The first kappa shape index (κ1) is 22.4. The first-order valence-electron chi connectivity index (χ1n) is 9.95. The molecular formula is C21H20N4O7S. The van der Waals surface area contributed by atoms with E-state index in [1.165, 1.54) is 29.2 Å². The highest BCUT2D eigenvalue weighted by atomic mass is 32.2. The predicted octanol–water partition coefficient (Wildman–Crippen LogP) is 0.112. The topological polar surface area (TPSA) is 165 Å². The van der Waals surface area contributed by atoms with Gasteiger partial charge in [0.2, 0.25) is 21.8 Å². The summed E-state index contributed by atoms with van der Waals surface area (Å²) >= 11 is 0. The zero-order valence-electron chi connectivity index (χ0n) is 17.2. The maximum Gasteiger partial charge on any atom is 0.262 e. The van der Waals surface area contributed by atoms with Gasteiger partial charge in [0, 0.05) is 24.2 Å². The molecule has 12 heteroatoms. The van der Waals surface area contributed by atoms with Crippen molar-refractivity contribution in [1.82, 2.24) is 10.2 Å². The molecule has 2 aromatic rings. The SMILES string of the molecule is NS(=O)(=O)c1cccc(NC(=O)COc2ccc3c(c2)CN(C2CCC(=O)NC2=O)C3=O)c1. The fraction of sp³-hybridized carbons (Fsp3) is 0.238. The van der Waals surface area contributed by atoms with Crippen LogP contribution in [0.3, 0.4) is 0 Å². The molecule has 0 aromatic heterocycles. The van der Waals surface area contributed by atoms with Crippen LogP contribution in [0.15, 0.2) is 47.4 Å². The number of nitrogens with zero attached hydrogens (tertiary/aromatic N) is 1. The second-order valence-corrected chi connectivity index (χ2v) is 9.19. The lowest BCUT2D eigenvalue weighted by Gasteiger charge is -2.29. The van der Waals surface area contributed by atoms with Gasteiger partial charge in [-0.3, -0.25) is 24.5 Å². The molecule has 1 atom stereocenters. The Kier molecular flexibility index (Phi) is 5.87. The van der Waals surface area contributed by atoms with E-state index < -0.39 is 27.9 Å². The van der Waals surface area contributed by atoms with E-state index in [1.807, 2.05) is 0 Å². The summed E-state index contributed by atoms with van der Waals surface area (Å²) in [6.45, 7) is -0.173. The fourth-order valence-corrected chi connectivity index (χ4v) is 4.30. The molecule has 0 bridgehead atoms. The van der Waals surface area contributed by atoms with Crippen molar-refractivity contribution in [3.8, 4) is 5.75 Å². The largest absolute Gasteiger partial charge is 0.484 e. The van der Waals surface area contributed by atoms with E-state index >= 15 is 0 Å². The van der Waals surface area contributed by atoms with E-state index in [0.717, 1.165) is 0 Å². The second-order valence-electron chi connectivity index (χ2n) is 7.63. The lowest BCUT2D eigenvalue weighted by molar-refractivity contribution is -0.137. The number of sulfonamides is 1. The third-order valence-corrected chi connectivity index (χ3v) is 6.22. The Bertz CT molecular complexity index is 1280. The number of carbonyl (C=O) groups is 4. The maximum atomic E-state index is 12.7. The minimum Gasteiger partial charge on any atom is -0.484 e. The average Bonchev–Trinajstić information content (AvgIpc) is 3.07. The number of piperidine rings is 1. The smallest absolute Gasteiger partial charge is 0.262 e. The number of anilines is 1. The molecule has 1 saturated heterocycles. The van der Waals surface area contributed by atoms with Crippen molar-refractivity contribution < 1.29 is 32.3 Å². The highest BCUT2D eigenvalue weighted by Crippen LogP contribution is 2.30. The fourth-order valence-electron chi connectivity index (χ4n) is 3.74. The normalized spacial score (nSPS) is 18.0. The summed E-state index contributed by atoms with van der Waals surface area (Å²) in [6, 6.07) is 9.51. The van der Waals surface area contributed by atoms with Crippen LogP contribution in [-0.2, 0) is 31.0 Å². The summed E-state index contributed by atoms with van der Waals surface area (Å²) in [6.07, 6.45) is 0.431. The van der Waals surface area contributed by atoms with Gasteiger partial charge in [-0.25, -0.2) is 13.6 Å². The number of primary sulfonamides is 1. The van der Waals surface area contributed by atoms with E-state index in [2.05, 4.69) is 10.6 Å². The monoisotopic (exact) mass is 472 g/mol. The molecule has 1 unspecified atom stereocenters. The van der Waals surface area contributed by atoms with E-state index in [0.29, 0.717) is 16.9 Å². The molecule has 2 aromatic carbocycles. The summed E-state index contributed by atoms with van der Waals surface area (Å²) in [5, 5.41) is 9.86. The minimum atomic E-state index is -3.90. The number of rotatable bonds is 6. The van der Waals surface area contributed by atoms with Crippen molar-refractivity contribution >= 4 is 39.3 Å². The average molecular weight is 472 g/mol. The number of nitrogens with one attached hydrogen (secondary N) is 2. The molecule has 2 heterocycles. The van der Waals surface area contributed by atoms with Crippen molar-refractivity contribution in [3.63, 3.8) is 0 Å². The summed E-state index contributed by atoms with van der Waals surface area (Å²) in [5.41, 5.74) is 1.31. The van der Waals surface area contributed by atoms with Crippen molar-refractivity contribution in [3.05, 3.63) is 53.6 Å². The molecule has 11 nitrogen and oxygen atoms in total. The van der Waals surface area contributed by atoms with E-state index in [4.69, 9.17) is 9.88 Å². The van der Waals surface area contributed by atoms with Crippen LogP contribution in [0.4, 0.5) is 5.69 Å². The molecule has 0 radical (unpaired) electrons. The number of hydrogen-bond donors (Lipinski definition) is 3. The van der Waals surface area contributed by atoms with Gasteiger partial charge < -0.3 is 15.0 Å². The van der Waals surface area contributed by atoms with Crippen LogP contribution >= 0.6 is 0 Å². The quantitative estimate of drug-likeness (QED) is 0.502. The van der Waals surface area contributed by atoms with Crippen LogP contribution in [0.2, 0.25) is 0 Å². The molecule has 33 heavy (non-hydrogen) atoms. The van der Waals surface area contributed by atoms with Crippen LogP contribution in [0.25, 0.3) is 0 Å². The van der Waals surface area contributed by atoms with Gasteiger partial charge in [0.15, 0.2) is 6.61 Å². The number of nitrogens with two attached hydrogens (primary N) is 1. The standard InChI is InChI=1S/C21H20N4O7S/c22-33(30,31)15-3-1-2-13(9-15)23-19(27)11-32-14-4-5-16-12(8-14)10-25(21(16)29)17-6-7-18(26)24-20(17)28/h1-5,8-9,17H,6-7,10-11H2,(H,23,27)(H2,22,30,31)(H,24,26,28). The highest BCUT2D eigenvalue weighted by molar-refractivity contribution is 7.89. The van der Waals surface area contributed by atoms with E-state index in [9.17, 15) is 27.6 Å². The molecule has 4 rings (SSSR count). The minimum absolute atomic E-state index is 0.134. The Morgan fingerprint density at radius 2 is 1.97 bits per heavy atom. The van der Waals surface area contributed by atoms with Gasteiger partial charge in [0.25, 0.3) is 11.8 Å². The molecule has 172 valence electrons. The van der Waals surface area contributed by atoms with Crippen molar-refractivity contribution in [2.45, 2.75) is 30.3 Å². The van der Waals surface area contributed by atoms with Crippen molar-refractivity contribution in [2.24, 2.45) is 5.14 Å². The number of amides is 4. The third-order valence-electron chi connectivity index (χ3n) is 5.31. The first-order chi connectivity index (χ1) is 15.6. The van der Waals surface area contributed by atoms with Gasteiger partial charge in [-0.1, -0.05) is 6.07 Å². The molecule has 2 aliphatic heterocycles. The second kappa shape index (κ2) is 8.64. The van der Waals surface area contributed by atoms with E-state index in [-0.39, 0.29) is 48.4 Å². The van der Waals surface area contributed by atoms with Crippen LogP contribution in [0, 0.1) is 0 Å². The summed E-state index contributed by atoms with van der Waals surface area (Å²) in [4.78, 5) is 49.7. The molecular weight excluding hydrogens is 452 g/mol.